The molecule has 3 N–H and O–H groups in total. The molecule has 0 bridgehead atoms. The van der Waals surface area contributed by atoms with E-state index in [-0.39, 0.29) is 0 Å². The summed E-state index contributed by atoms with van der Waals surface area (Å²) >= 11 is 0. The summed E-state index contributed by atoms with van der Waals surface area (Å²) in [7, 11) is 1.68. The van der Waals surface area contributed by atoms with Crippen molar-refractivity contribution in [3.05, 3.63) is 48.3 Å². The van der Waals surface area contributed by atoms with Gasteiger partial charge < -0.3 is 15.5 Å². The van der Waals surface area contributed by atoms with E-state index < -0.39 is 0 Å². The van der Waals surface area contributed by atoms with Crippen molar-refractivity contribution < 1.29 is 4.74 Å². The highest BCUT2D eigenvalue weighted by Gasteiger charge is 2.12. The molecule has 21 heavy (non-hydrogen) atoms. The number of methoxy groups -OCH3 is 1. The van der Waals surface area contributed by atoms with Crippen LogP contribution < -0.4 is 10.5 Å². The molecule has 0 radical (unpaired) electrons. The van der Waals surface area contributed by atoms with E-state index in [0.29, 0.717) is 6.54 Å². The molecule has 0 atom stereocenters. The molecule has 0 saturated carbocycles. The lowest BCUT2D eigenvalue weighted by Gasteiger charge is -2.05. The lowest BCUT2D eigenvalue weighted by atomic mass is 10.0. The van der Waals surface area contributed by atoms with Crippen LogP contribution in [-0.2, 0) is 6.54 Å². The Morgan fingerprint density at radius 1 is 1.19 bits per heavy atom. The minimum atomic E-state index is 0.499. The van der Waals surface area contributed by atoms with Crippen molar-refractivity contribution in [1.82, 2.24) is 9.97 Å². The first kappa shape index (κ1) is 12.2. The maximum absolute atomic E-state index is 5.92. The Bertz CT molecular complexity index is 972. The molecule has 2 aromatic heterocycles. The molecule has 2 aromatic carbocycles. The quantitative estimate of drug-likeness (QED) is 0.590. The molecular weight excluding hydrogens is 262 g/mol. The van der Waals surface area contributed by atoms with Gasteiger partial charge in [-0.15, -0.1) is 0 Å². The molecule has 0 spiro atoms. The second-order valence-corrected chi connectivity index (χ2v) is 5.12. The van der Waals surface area contributed by atoms with Crippen molar-refractivity contribution in [2.75, 3.05) is 7.11 Å². The van der Waals surface area contributed by atoms with E-state index in [1.54, 1.807) is 7.11 Å². The average molecular weight is 277 g/mol. The molecular formula is C17H15N3O. The summed E-state index contributed by atoms with van der Waals surface area (Å²) in [6.07, 6.45) is 3.72. The molecule has 0 aliphatic carbocycles. The van der Waals surface area contributed by atoms with Gasteiger partial charge in [0.05, 0.1) is 12.6 Å². The van der Waals surface area contributed by atoms with Crippen molar-refractivity contribution in [3.63, 3.8) is 0 Å². The summed E-state index contributed by atoms with van der Waals surface area (Å²) in [5.74, 6) is 0.846. The van der Waals surface area contributed by atoms with E-state index >= 15 is 0 Å². The van der Waals surface area contributed by atoms with E-state index in [9.17, 15) is 0 Å². The van der Waals surface area contributed by atoms with Crippen LogP contribution >= 0.6 is 0 Å². The molecule has 0 fully saturated rings. The minimum absolute atomic E-state index is 0.499. The minimum Gasteiger partial charge on any atom is -0.497 e. The van der Waals surface area contributed by atoms with Crippen LogP contribution in [0.5, 0.6) is 5.75 Å². The summed E-state index contributed by atoms with van der Waals surface area (Å²) in [5, 5.41) is 4.58. The number of rotatable bonds is 2. The summed E-state index contributed by atoms with van der Waals surface area (Å²) in [6.45, 7) is 0.499. The van der Waals surface area contributed by atoms with Gasteiger partial charge in [-0.25, -0.2) is 0 Å². The van der Waals surface area contributed by atoms with Crippen LogP contribution in [0.1, 0.15) is 5.56 Å². The molecule has 4 nitrogen and oxygen atoms in total. The number of nitrogens with zero attached hydrogens (tertiary/aromatic N) is 1. The van der Waals surface area contributed by atoms with E-state index in [4.69, 9.17) is 10.5 Å². The molecule has 0 unspecified atom stereocenters. The fourth-order valence-corrected chi connectivity index (χ4v) is 2.98. The number of aromatic amines is 1. The highest BCUT2D eigenvalue weighted by atomic mass is 16.5. The first-order valence-corrected chi connectivity index (χ1v) is 6.87. The summed E-state index contributed by atoms with van der Waals surface area (Å²) in [4.78, 5) is 7.75. The molecule has 4 heteroatoms. The molecule has 4 aromatic rings. The Morgan fingerprint density at radius 3 is 2.90 bits per heavy atom. The Balaban J connectivity index is 2.28. The zero-order chi connectivity index (χ0) is 14.4. The number of aromatic nitrogens is 2. The largest absolute Gasteiger partial charge is 0.497 e. The second-order valence-electron chi connectivity index (χ2n) is 5.12. The monoisotopic (exact) mass is 277 g/mol. The molecule has 0 amide bonds. The fraction of sp³-hybridized carbons (Fsp3) is 0.118. The first-order chi connectivity index (χ1) is 10.3. The Labute approximate surface area is 121 Å². The van der Waals surface area contributed by atoms with Crippen molar-refractivity contribution in [3.8, 4) is 5.75 Å². The standard InChI is InChI=1S/C17H15N3O/c1-21-12-2-3-15-13(7-12)16-14-9-19-5-4-10(14)6-11(8-18)17(16)20-15/h2-7,9,20H,8,18H2,1H3. The topological polar surface area (TPSA) is 63.9 Å². The van der Waals surface area contributed by atoms with Crippen LogP contribution in [0.25, 0.3) is 32.6 Å². The van der Waals surface area contributed by atoms with E-state index in [2.05, 4.69) is 22.1 Å². The third kappa shape index (κ3) is 1.69. The molecule has 0 aliphatic rings. The second kappa shape index (κ2) is 4.46. The van der Waals surface area contributed by atoms with E-state index in [0.717, 1.165) is 43.9 Å². The maximum Gasteiger partial charge on any atom is 0.119 e. The van der Waals surface area contributed by atoms with Crippen molar-refractivity contribution >= 4 is 32.6 Å². The lowest BCUT2D eigenvalue weighted by molar-refractivity contribution is 0.415. The van der Waals surface area contributed by atoms with E-state index in [1.165, 1.54) is 0 Å². The predicted molar refractivity (Wildman–Crippen MR) is 85.5 cm³/mol. The number of H-pyrrole nitrogens is 1. The number of nitrogens with one attached hydrogen (secondary N) is 1. The van der Waals surface area contributed by atoms with Crippen molar-refractivity contribution in [2.45, 2.75) is 6.54 Å². The third-order valence-electron chi connectivity index (χ3n) is 4.00. The number of fused-ring (bicyclic) bond motifs is 5. The molecule has 0 aliphatic heterocycles. The highest BCUT2D eigenvalue weighted by Crippen LogP contribution is 2.35. The molecule has 2 heterocycles. The van der Waals surface area contributed by atoms with Gasteiger partial charge in [-0.3, -0.25) is 4.98 Å². The fourth-order valence-electron chi connectivity index (χ4n) is 2.98. The number of benzene rings is 2. The predicted octanol–water partition coefficient (Wildman–Crippen LogP) is 3.34. The van der Waals surface area contributed by atoms with Gasteiger partial charge in [0.25, 0.3) is 0 Å². The van der Waals surface area contributed by atoms with Gasteiger partial charge in [-0.2, -0.15) is 0 Å². The van der Waals surface area contributed by atoms with Crippen LogP contribution in [0.4, 0.5) is 0 Å². The Kier molecular flexibility index (Phi) is 2.59. The summed E-state index contributed by atoms with van der Waals surface area (Å²) in [6, 6.07) is 10.2. The first-order valence-electron chi connectivity index (χ1n) is 6.87. The van der Waals surface area contributed by atoms with Gasteiger partial charge in [-0.05, 0) is 41.3 Å². The molecule has 4 rings (SSSR count). The summed E-state index contributed by atoms with van der Waals surface area (Å²) in [5.41, 5.74) is 9.20. The van der Waals surface area contributed by atoms with Gasteiger partial charge in [0.1, 0.15) is 5.75 Å². The van der Waals surface area contributed by atoms with Crippen LogP contribution in [0, 0.1) is 0 Å². The van der Waals surface area contributed by atoms with Crippen LogP contribution in [0.2, 0.25) is 0 Å². The van der Waals surface area contributed by atoms with Gasteiger partial charge in [0.15, 0.2) is 0 Å². The number of hydrogen-bond donors (Lipinski definition) is 2. The van der Waals surface area contributed by atoms with Gasteiger partial charge in [-0.1, -0.05) is 0 Å². The molecule has 0 saturated heterocycles. The van der Waals surface area contributed by atoms with Crippen LogP contribution in [0.3, 0.4) is 0 Å². The number of pyridine rings is 1. The summed E-state index contributed by atoms with van der Waals surface area (Å²) < 4.78 is 5.36. The smallest absolute Gasteiger partial charge is 0.119 e. The van der Waals surface area contributed by atoms with Gasteiger partial charge in [0.2, 0.25) is 0 Å². The van der Waals surface area contributed by atoms with Crippen molar-refractivity contribution in [2.24, 2.45) is 5.73 Å². The van der Waals surface area contributed by atoms with Crippen LogP contribution in [-0.4, -0.2) is 17.1 Å². The van der Waals surface area contributed by atoms with E-state index in [1.807, 2.05) is 30.6 Å². The van der Waals surface area contributed by atoms with Crippen LogP contribution in [0.15, 0.2) is 42.7 Å². The van der Waals surface area contributed by atoms with Gasteiger partial charge in [0, 0.05) is 40.6 Å². The van der Waals surface area contributed by atoms with Crippen molar-refractivity contribution in [1.29, 1.82) is 0 Å². The number of ether oxygens (including phenoxy) is 1. The zero-order valence-electron chi connectivity index (χ0n) is 11.7. The zero-order valence-corrected chi connectivity index (χ0v) is 11.7. The number of nitrogens with two attached hydrogens (primary N) is 1. The third-order valence-corrected chi connectivity index (χ3v) is 4.00. The normalized spacial score (nSPS) is 11.5. The average Bonchev–Trinajstić information content (AvgIpc) is 2.92. The van der Waals surface area contributed by atoms with Gasteiger partial charge >= 0.3 is 0 Å². The SMILES string of the molecule is COc1ccc2[nH]c3c(CN)cc4ccncc4c3c2c1. The Hall–Kier alpha value is -2.59. The molecule has 104 valence electrons. The lowest BCUT2D eigenvalue weighted by Crippen LogP contribution is -1.97. The number of hydrogen-bond acceptors (Lipinski definition) is 3. The highest BCUT2D eigenvalue weighted by molar-refractivity contribution is 6.21. The Morgan fingerprint density at radius 2 is 2.10 bits per heavy atom. The maximum atomic E-state index is 5.92.